The fourth-order valence-electron chi connectivity index (χ4n) is 12.8. The van der Waals surface area contributed by atoms with Crippen molar-refractivity contribution in [3.8, 4) is 0 Å². The molecule has 0 unspecified atom stereocenters. The van der Waals surface area contributed by atoms with E-state index in [2.05, 4.69) is 0 Å². The Labute approximate surface area is 291 Å². The van der Waals surface area contributed by atoms with Gasteiger partial charge < -0.3 is 24.1 Å². The van der Waals surface area contributed by atoms with E-state index in [1.807, 2.05) is 81.4 Å². The van der Waals surface area contributed by atoms with Gasteiger partial charge in [-0.3, -0.25) is 24.0 Å². The highest BCUT2D eigenvalue weighted by atomic mass is 16.6. The molecule has 0 spiro atoms. The molecule has 0 heterocycles. The van der Waals surface area contributed by atoms with Crippen LogP contribution in [0, 0.1) is 51.8 Å². The van der Waals surface area contributed by atoms with Crippen LogP contribution in [0.4, 0.5) is 0 Å². The molecule has 6 fully saturated rings. The van der Waals surface area contributed by atoms with E-state index in [0.717, 1.165) is 11.1 Å². The van der Waals surface area contributed by atoms with Gasteiger partial charge in [-0.2, -0.15) is 0 Å². The first-order valence-corrected chi connectivity index (χ1v) is 17.6. The van der Waals surface area contributed by atoms with Crippen LogP contribution < -0.4 is 0 Å². The van der Waals surface area contributed by atoms with Gasteiger partial charge in [0.15, 0.2) is 17.0 Å². The maximum atomic E-state index is 14.8. The van der Waals surface area contributed by atoms with Crippen molar-refractivity contribution in [2.75, 3.05) is 6.61 Å². The second kappa shape index (κ2) is 10.3. The zero-order valence-corrected chi connectivity index (χ0v) is 29.3. The average Bonchev–Trinajstić information content (AvgIpc) is 3.26. The van der Waals surface area contributed by atoms with Gasteiger partial charge in [0.05, 0.1) is 25.0 Å². The van der Waals surface area contributed by atoms with Gasteiger partial charge in [-0.1, -0.05) is 88.4 Å². The van der Waals surface area contributed by atoms with Crippen LogP contribution in [0.1, 0.15) is 59.1 Å². The number of rotatable bonds is 9. The van der Waals surface area contributed by atoms with Crippen LogP contribution in [0.3, 0.4) is 0 Å². The smallest absolute Gasteiger partial charge is 0.311 e. The maximum absolute atomic E-state index is 14.8. The Balaban J connectivity index is 1.25. The Hall–Kier alpha value is -4.05. The first kappa shape index (κ1) is 33.1. The summed E-state index contributed by atoms with van der Waals surface area (Å²) in [6.07, 6.45) is -1.04. The largest absolute Gasteiger partial charge is 0.465 e. The van der Waals surface area contributed by atoms with Gasteiger partial charge >= 0.3 is 23.9 Å². The molecule has 6 aliphatic carbocycles. The van der Waals surface area contributed by atoms with Crippen LogP contribution >= 0.6 is 0 Å². The molecule has 12 atom stereocenters. The Morgan fingerprint density at radius 3 is 1.92 bits per heavy atom. The number of Topliss-reactive ketones (excluding diaryl/α,β-unsaturated/α-hetero) is 1. The molecule has 264 valence electrons. The van der Waals surface area contributed by atoms with Crippen molar-refractivity contribution < 1.29 is 48.0 Å². The minimum absolute atomic E-state index is 0.0229. The van der Waals surface area contributed by atoms with Gasteiger partial charge in [-0.05, 0) is 28.9 Å². The van der Waals surface area contributed by atoms with Gasteiger partial charge in [0.2, 0.25) is 0 Å². The molecule has 10 heteroatoms. The van der Waals surface area contributed by atoms with Gasteiger partial charge in [0.25, 0.3) is 0 Å². The molecule has 50 heavy (non-hydrogen) atoms. The van der Waals surface area contributed by atoms with E-state index in [1.54, 1.807) is 6.92 Å². The second-order valence-electron chi connectivity index (χ2n) is 16.6. The van der Waals surface area contributed by atoms with Gasteiger partial charge in [-0.15, -0.1) is 0 Å². The lowest BCUT2D eigenvalue weighted by molar-refractivity contribution is -0.242. The van der Waals surface area contributed by atoms with E-state index in [1.165, 1.54) is 13.8 Å². The third kappa shape index (κ3) is 3.70. The molecule has 2 aromatic rings. The number of hydrogen-bond acceptors (Lipinski definition) is 10. The SMILES string of the molecule is CC(=O)OC[C@]12C[C@@]3(OC(=O)Cc4ccccc4)C(=O)[C@@]1(C)[C@@H]1[C@H]2[C@H]2[C@@H]4C(C)(C)[C@]4(OC(C)=O)[C@H](OC(=O)Cc4ccccc4)[C@@H](C)[C@]2(O)[C@H]13. The van der Waals surface area contributed by atoms with Crippen molar-refractivity contribution in [3.63, 3.8) is 0 Å². The van der Waals surface area contributed by atoms with Crippen LogP contribution in [0.15, 0.2) is 60.7 Å². The number of hydrogen-bond donors (Lipinski definition) is 1. The highest BCUT2D eigenvalue weighted by Crippen LogP contribution is 2.94. The molecule has 2 aromatic carbocycles. The standard InChI is InChI=1S/C40H44O10/c1-21-33(48-26(43)17-24-13-9-7-10-14-24)40(49-23(3)42)31(35(40,4)5)30-28-29-32(39(21,30)46)38(50-27(44)18-25-15-11-8-12-16-25)19-37(28,20-47-22(2)41)36(29,6)34(38)45/h7-16,21,28-33,46H,17-20H2,1-6H3/t21-,28+,29-,30+,31-,32-,33-,36-,37+,38+,39-,40-/m1/s1. The Morgan fingerprint density at radius 2 is 1.36 bits per heavy atom. The lowest BCUT2D eigenvalue weighted by Gasteiger charge is -2.65. The number of fused-ring (bicyclic) bond motifs is 8. The molecule has 2 bridgehead atoms. The quantitative estimate of drug-likeness (QED) is 0.304. The van der Waals surface area contributed by atoms with Crippen molar-refractivity contribution in [3.05, 3.63) is 71.8 Å². The predicted molar refractivity (Wildman–Crippen MR) is 176 cm³/mol. The molecule has 0 aliphatic heterocycles. The summed E-state index contributed by atoms with van der Waals surface area (Å²) in [6.45, 7) is 10.2. The van der Waals surface area contributed by atoms with E-state index in [0.29, 0.717) is 0 Å². The number of aliphatic hydroxyl groups is 1. The lowest BCUT2D eigenvalue weighted by atomic mass is 9.37. The molecule has 0 saturated heterocycles. The lowest BCUT2D eigenvalue weighted by Crippen LogP contribution is -2.67. The third-order valence-electron chi connectivity index (χ3n) is 14.4. The fraction of sp³-hybridized carbons (Fsp3) is 0.575. The van der Waals surface area contributed by atoms with Crippen LogP contribution in [0.25, 0.3) is 0 Å². The van der Waals surface area contributed by atoms with E-state index < -0.39 is 92.6 Å². The zero-order valence-electron chi connectivity index (χ0n) is 29.3. The molecule has 0 radical (unpaired) electrons. The van der Waals surface area contributed by atoms with Crippen molar-refractivity contribution >= 4 is 29.7 Å². The summed E-state index contributed by atoms with van der Waals surface area (Å²) in [6, 6.07) is 18.3. The topological polar surface area (TPSA) is 142 Å². The fourth-order valence-corrected chi connectivity index (χ4v) is 12.8. The minimum atomic E-state index is -1.68. The predicted octanol–water partition coefficient (Wildman–Crippen LogP) is 4.04. The van der Waals surface area contributed by atoms with Crippen LogP contribution in [-0.4, -0.2) is 64.3 Å². The monoisotopic (exact) mass is 684 g/mol. The van der Waals surface area contributed by atoms with E-state index in [4.69, 9.17) is 18.9 Å². The molecule has 6 saturated carbocycles. The number of ether oxygens (including phenoxy) is 4. The zero-order chi connectivity index (χ0) is 35.8. The van der Waals surface area contributed by atoms with Crippen molar-refractivity contribution in [1.82, 2.24) is 0 Å². The first-order chi connectivity index (χ1) is 23.5. The minimum Gasteiger partial charge on any atom is -0.465 e. The number of carbonyl (C=O) groups excluding carboxylic acids is 5. The average molecular weight is 685 g/mol. The second-order valence-corrected chi connectivity index (χ2v) is 16.6. The third-order valence-corrected chi connectivity index (χ3v) is 14.4. The normalized spacial score (nSPS) is 43.2. The highest BCUT2D eigenvalue weighted by Gasteiger charge is 3.02. The molecule has 6 aliphatic rings. The summed E-state index contributed by atoms with van der Waals surface area (Å²) in [7, 11) is 0. The van der Waals surface area contributed by atoms with Gasteiger partial charge in [0.1, 0.15) is 6.10 Å². The summed E-state index contributed by atoms with van der Waals surface area (Å²) in [5.41, 5.74) is -5.82. The van der Waals surface area contributed by atoms with Crippen LogP contribution in [-0.2, 0) is 55.8 Å². The first-order valence-electron chi connectivity index (χ1n) is 17.6. The summed E-state index contributed by atoms with van der Waals surface area (Å²) in [5.74, 6) is -5.73. The van der Waals surface area contributed by atoms with Crippen molar-refractivity contribution in [2.24, 2.45) is 51.8 Å². The molecule has 0 aromatic heterocycles. The molecule has 8 rings (SSSR count). The molecule has 1 N–H and O–H groups in total. The molecular formula is C40H44O10. The van der Waals surface area contributed by atoms with E-state index in [9.17, 15) is 29.1 Å². The Morgan fingerprint density at radius 1 is 0.780 bits per heavy atom. The number of benzene rings is 2. The molecule has 10 nitrogen and oxygen atoms in total. The molecular weight excluding hydrogens is 640 g/mol. The summed E-state index contributed by atoms with van der Waals surface area (Å²) in [4.78, 5) is 67.4. The number of ketones is 1. The highest BCUT2D eigenvalue weighted by molar-refractivity contribution is 6.03. The Bertz CT molecular complexity index is 1820. The van der Waals surface area contributed by atoms with Gasteiger partial charge in [0, 0.05) is 54.3 Å². The molecule has 0 amide bonds. The van der Waals surface area contributed by atoms with Crippen molar-refractivity contribution in [2.45, 2.75) is 83.7 Å². The van der Waals surface area contributed by atoms with Crippen LogP contribution in [0.5, 0.6) is 0 Å². The van der Waals surface area contributed by atoms with Crippen LogP contribution in [0.2, 0.25) is 0 Å². The van der Waals surface area contributed by atoms with Gasteiger partial charge in [-0.25, -0.2) is 0 Å². The summed E-state index contributed by atoms with van der Waals surface area (Å²) < 4.78 is 24.7. The summed E-state index contributed by atoms with van der Waals surface area (Å²) in [5, 5.41) is 13.5. The van der Waals surface area contributed by atoms with Crippen molar-refractivity contribution in [1.29, 1.82) is 0 Å². The van der Waals surface area contributed by atoms with E-state index >= 15 is 0 Å². The number of esters is 4. The Kier molecular flexibility index (Phi) is 6.80. The maximum Gasteiger partial charge on any atom is 0.311 e. The number of carbonyl (C=O) groups is 5. The van der Waals surface area contributed by atoms with E-state index in [-0.39, 0.29) is 37.6 Å². The summed E-state index contributed by atoms with van der Waals surface area (Å²) >= 11 is 0.